The Morgan fingerprint density at radius 1 is 0.901 bits per heavy atom. The molecule has 0 saturated carbocycles. The van der Waals surface area contributed by atoms with Crippen molar-refractivity contribution in [2.24, 2.45) is 5.41 Å². The quantitative estimate of drug-likeness (QED) is 0.0500. The highest BCUT2D eigenvalue weighted by atomic mass is 35.5. The molecule has 1 aliphatic heterocycles. The number of carbonyl (C=O) groups is 3. The van der Waals surface area contributed by atoms with E-state index in [0.29, 0.717) is 42.9 Å². The van der Waals surface area contributed by atoms with Gasteiger partial charge < -0.3 is 40.2 Å². The van der Waals surface area contributed by atoms with E-state index in [-0.39, 0.29) is 38.1 Å². The largest absolute Gasteiger partial charge is 0.490 e. The van der Waals surface area contributed by atoms with Crippen molar-refractivity contribution in [3.8, 4) is 38.1 Å². The van der Waals surface area contributed by atoms with E-state index < -0.39 is 35.4 Å². The van der Waals surface area contributed by atoms with Crippen LogP contribution in [0.2, 0.25) is 5.02 Å². The molecule has 17 nitrogen and oxygen atoms in total. The van der Waals surface area contributed by atoms with E-state index in [1.165, 1.54) is 32.3 Å². The molecule has 3 amide bonds. The average Bonchev–Trinajstić information content (AvgIpc) is 4.22. The Morgan fingerprint density at radius 3 is 2.41 bits per heavy atom. The number of ether oxygens (including phenoxy) is 3. The Balaban J connectivity index is 0.749. The first-order chi connectivity index (χ1) is 34.2. The predicted molar refractivity (Wildman–Crippen MR) is 276 cm³/mol. The number of rotatable bonds is 21. The number of carbonyl (C=O) groups excluding carboxylic acids is 3. The first-order valence-corrected chi connectivity index (χ1v) is 26.0. The van der Waals surface area contributed by atoms with Crippen molar-refractivity contribution in [2.75, 3.05) is 38.3 Å². The van der Waals surface area contributed by atoms with Gasteiger partial charge in [0, 0.05) is 40.0 Å². The first kappa shape index (κ1) is 51.2. The summed E-state index contributed by atoms with van der Waals surface area (Å²) >= 11 is 10.6. The maximum absolute atomic E-state index is 14.2. The van der Waals surface area contributed by atoms with E-state index in [0.717, 1.165) is 54.5 Å². The number of nitrogens with zero attached hydrogens (tertiary/aromatic N) is 7. The van der Waals surface area contributed by atoms with Gasteiger partial charge in [0.2, 0.25) is 17.7 Å². The summed E-state index contributed by atoms with van der Waals surface area (Å²) < 4.78 is 19.0. The average molecular weight is 1040 g/mol. The zero-order valence-corrected chi connectivity index (χ0v) is 43.0. The summed E-state index contributed by atoms with van der Waals surface area (Å²) in [4.78, 5) is 57.6. The first-order valence-electron chi connectivity index (χ1n) is 23.0. The lowest BCUT2D eigenvalue weighted by molar-refractivity contribution is -0.144. The molecule has 5 heterocycles. The van der Waals surface area contributed by atoms with Gasteiger partial charge in [-0.15, -0.1) is 39.1 Å². The maximum atomic E-state index is 14.2. The molecule has 1 saturated heterocycles. The van der Waals surface area contributed by atoms with Crippen LogP contribution in [0.1, 0.15) is 57.1 Å². The van der Waals surface area contributed by atoms with Gasteiger partial charge >= 0.3 is 0 Å². The number of halogens is 1. The summed E-state index contributed by atoms with van der Waals surface area (Å²) in [5, 5.41) is 34.3. The van der Waals surface area contributed by atoms with Gasteiger partial charge in [-0.1, -0.05) is 74.0 Å². The third-order valence-corrected chi connectivity index (χ3v) is 14.4. The summed E-state index contributed by atoms with van der Waals surface area (Å²) in [7, 11) is 0. The zero-order chi connectivity index (χ0) is 50.1. The molecule has 3 aromatic carbocycles. The lowest BCUT2D eigenvalue weighted by Gasteiger charge is -2.35. The molecule has 4 N–H and O–H groups in total. The van der Waals surface area contributed by atoms with Crippen LogP contribution in [0, 0.1) is 12.3 Å². The fourth-order valence-electron chi connectivity index (χ4n) is 7.86. The van der Waals surface area contributed by atoms with Crippen LogP contribution in [0.15, 0.2) is 95.3 Å². The van der Waals surface area contributed by atoms with Gasteiger partial charge in [0.1, 0.15) is 47.4 Å². The minimum atomic E-state index is -0.998. The van der Waals surface area contributed by atoms with Gasteiger partial charge in [-0.3, -0.25) is 14.4 Å². The Labute approximate surface area is 428 Å². The highest BCUT2D eigenvalue weighted by Crippen LogP contribution is 2.36. The van der Waals surface area contributed by atoms with Gasteiger partial charge in [-0.2, -0.15) is 0 Å². The Hall–Kier alpha value is -6.13. The normalized spacial score (nSPS) is 15.6. The lowest BCUT2D eigenvalue weighted by Crippen LogP contribution is -2.58. The van der Waals surface area contributed by atoms with Gasteiger partial charge in [0.05, 0.1) is 66.5 Å². The van der Waals surface area contributed by atoms with Crippen molar-refractivity contribution in [3.63, 3.8) is 0 Å². The number of aryl methyl sites for hydroxylation is 1. The van der Waals surface area contributed by atoms with Crippen molar-refractivity contribution >= 4 is 74.2 Å². The maximum Gasteiger partial charge on any atom is 0.246 e. The van der Waals surface area contributed by atoms with E-state index in [2.05, 4.69) is 31.2 Å². The van der Waals surface area contributed by atoms with Gasteiger partial charge in [-0.25, -0.2) is 19.6 Å². The number of amides is 3. The number of aromatic nitrogens is 6. The van der Waals surface area contributed by atoms with Crippen LogP contribution in [-0.2, 0) is 37.0 Å². The van der Waals surface area contributed by atoms with E-state index >= 15 is 0 Å². The van der Waals surface area contributed by atoms with Crippen molar-refractivity contribution < 1.29 is 33.7 Å². The zero-order valence-electron chi connectivity index (χ0n) is 39.8. The molecule has 71 heavy (non-hydrogen) atoms. The number of nitrogens with one attached hydrogen (secondary N) is 3. The van der Waals surface area contributed by atoms with Gasteiger partial charge in [-0.05, 0) is 66.8 Å². The standard InChI is InChI=1S/C50H55ClN10O7S3/c1-30(32-10-12-33(13-11-32)44-31(2)52-29-71-44)53-46(64)41-22-37(62)24-61(41)48(65)45(50(3,4)5)57-43(63)25-60-23-36(58-59-60)26-67-19-18-66-20-21-68-42-9-7-6-8-38(42)39-27-69-47(55-39)40-28-70-49(56-40)54-35-16-14-34(51)15-17-35/h6-17,23,27-30,37,41,45,62H,18-22,24-26H2,1-5H3,(H,53,64)(H,54,56)(H,57,63)/t30-,37+,41-,45+/m0/s1. The second-order valence-corrected chi connectivity index (χ2v) is 21.0. The Kier molecular flexibility index (Phi) is 16.9. The number of likely N-dealkylation sites (tertiary alicyclic amines) is 1. The molecule has 372 valence electrons. The molecule has 21 heteroatoms. The van der Waals surface area contributed by atoms with E-state index in [9.17, 15) is 19.5 Å². The van der Waals surface area contributed by atoms with Crippen LogP contribution >= 0.6 is 45.6 Å². The summed E-state index contributed by atoms with van der Waals surface area (Å²) in [5.74, 6) is -0.613. The van der Waals surface area contributed by atoms with Crippen molar-refractivity contribution in [3.05, 3.63) is 117 Å². The molecule has 1 aliphatic rings. The van der Waals surface area contributed by atoms with Crippen molar-refractivity contribution in [2.45, 2.75) is 78.4 Å². The number of hydrogen-bond donors (Lipinski definition) is 4. The molecule has 0 bridgehead atoms. The summed E-state index contributed by atoms with van der Waals surface area (Å²) in [5.41, 5.74) is 7.83. The van der Waals surface area contributed by atoms with Crippen LogP contribution in [0.4, 0.5) is 10.8 Å². The molecular weight excluding hydrogens is 984 g/mol. The van der Waals surface area contributed by atoms with Crippen LogP contribution in [-0.4, -0.2) is 109 Å². The molecule has 0 spiro atoms. The summed E-state index contributed by atoms with van der Waals surface area (Å²) in [6, 6.07) is 20.8. The Bertz CT molecular complexity index is 2900. The fraction of sp³-hybridized carbons (Fsp3) is 0.360. The smallest absolute Gasteiger partial charge is 0.246 e. The molecule has 7 aromatic rings. The molecule has 8 rings (SSSR count). The molecule has 0 radical (unpaired) electrons. The second-order valence-electron chi connectivity index (χ2n) is 18.0. The number of aliphatic hydroxyl groups is 1. The molecule has 0 unspecified atom stereocenters. The Morgan fingerprint density at radius 2 is 1.65 bits per heavy atom. The third-order valence-electron chi connectivity index (χ3n) is 11.5. The number of hydrogen-bond acceptors (Lipinski definition) is 16. The van der Waals surface area contributed by atoms with Crippen molar-refractivity contribution in [1.82, 2.24) is 45.5 Å². The van der Waals surface area contributed by atoms with Crippen LogP contribution in [0.25, 0.3) is 32.4 Å². The fourth-order valence-corrected chi connectivity index (χ4v) is 10.4. The van der Waals surface area contributed by atoms with E-state index in [4.69, 9.17) is 35.8 Å². The molecule has 1 fully saturated rings. The minimum absolute atomic E-state index is 0.0337. The van der Waals surface area contributed by atoms with E-state index in [1.807, 2.05) is 124 Å². The van der Waals surface area contributed by atoms with Gasteiger partial charge in [0.25, 0.3) is 0 Å². The molecule has 4 aromatic heterocycles. The molecule has 0 aliphatic carbocycles. The van der Waals surface area contributed by atoms with Crippen LogP contribution in [0.3, 0.4) is 0 Å². The topological polar surface area (TPSA) is 208 Å². The highest BCUT2D eigenvalue weighted by Gasteiger charge is 2.44. The van der Waals surface area contributed by atoms with Crippen molar-refractivity contribution in [1.29, 1.82) is 0 Å². The number of para-hydroxylation sites is 1. The van der Waals surface area contributed by atoms with Crippen LogP contribution < -0.4 is 20.7 Å². The summed E-state index contributed by atoms with van der Waals surface area (Å²) in [6.07, 6.45) is 0.789. The minimum Gasteiger partial charge on any atom is -0.490 e. The monoisotopic (exact) mass is 1040 g/mol. The third kappa shape index (κ3) is 13.4. The SMILES string of the molecule is Cc1ncsc1-c1ccc([C@H](C)NC(=O)[C@@H]2C[C@@H](O)CN2C(=O)[C@@H](NC(=O)Cn2cc(COCCOCCOc3ccccc3-c3csc(-c4csc(Nc5ccc(Cl)cc5)n4)n3)nn2)C(C)(C)C)cc1. The number of thiazole rings is 3. The van der Waals surface area contributed by atoms with Crippen LogP contribution in [0.5, 0.6) is 5.75 Å². The van der Waals surface area contributed by atoms with Gasteiger partial charge in [0.15, 0.2) is 5.13 Å². The molecule has 4 atom stereocenters. The number of β-amino-alcohol motifs (C(OH)–C–C–N with tert-alkyl or cyclic N) is 1. The number of anilines is 2. The molecular formula is C50H55ClN10O7S3. The second kappa shape index (κ2) is 23.4. The lowest BCUT2D eigenvalue weighted by atomic mass is 9.85. The highest BCUT2D eigenvalue weighted by molar-refractivity contribution is 7.16. The number of aliphatic hydroxyl groups excluding tert-OH is 1. The number of benzene rings is 3. The predicted octanol–water partition coefficient (Wildman–Crippen LogP) is 8.34. The van der Waals surface area contributed by atoms with E-state index in [1.54, 1.807) is 17.5 Å². The summed E-state index contributed by atoms with van der Waals surface area (Å²) in [6.45, 7) is 10.5.